The smallest absolute Gasteiger partial charge is 0.341 e. The molecule has 0 aromatic heterocycles. The lowest BCUT2D eigenvalue weighted by atomic mass is 9.82. The third-order valence-corrected chi connectivity index (χ3v) is 6.23. The second-order valence-electron chi connectivity index (χ2n) is 8.01. The summed E-state index contributed by atoms with van der Waals surface area (Å²) in [5, 5.41) is 1.94. The van der Waals surface area contributed by atoms with Crippen LogP contribution in [0.15, 0.2) is 84.9 Å². The van der Waals surface area contributed by atoms with Gasteiger partial charge in [0.05, 0.1) is 21.3 Å². The van der Waals surface area contributed by atoms with Crippen molar-refractivity contribution < 1.29 is 23.7 Å². The molecule has 0 bridgehead atoms. The average Bonchev–Trinajstić information content (AvgIpc) is 2.91. The van der Waals surface area contributed by atoms with E-state index in [9.17, 15) is 4.79 Å². The third kappa shape index (κ3) is 3.46. The van der Waals surface area contributed by atoms with Crippen LogP contribution < -0.4 is 14.2 Å². The molecule has 5 heteroatoms. The maximum absolute atomic E-state index is 12.8. The highest BCUT2D eigenvalue weighted by Crippen LogP contribution is 2.46. The van der Waals surface area contributed by atoms with Gasteiger partial charge in [-0.15, -0.1) is 0 Å². The van der Waals surface area contributed by atoms with E-state index in [0.717, 1.165) is 39.0 Å². The molecule has 0 atom stereocenters. The molecule has 5 rings (SSSR count). The molecule has 1 aliphatic rings. The van der Waals surface area contributed by atoms with E-state index in [4.69, 9.17) is 18.9 Å². The van der Waals surface area contributed by atoms with Crippen molar-refractivity contribution in [2.24, 2.45) is 0 Å². The first kappa shape index (κ1) is 21.6. The van der Waals surface area contributed by atoms with Crippen LogP contribution in [0.25, 0.3) is 16.8 Å². The molecule has 1 heterocycles. The highest BCUT2D eigenvalue weighted by atomic mass is 16.5. The molecule has 4 aromatic rings. The first-order chi connectivity index (χ1) is 16.6. The van der Waals surface area contributed by atoms with Gasteiger partial charge in [-0.05, 0) is 53.3 Å². The van der Waals surface area contributed by atoms with Gasteiger partial charge in [-0.25, -0.2) is 4.79 Å². The van der Waals surface area contributed by atoms with Crippen LogP contribution in [-0.4, -0.2) is 27.3 Å². The van der Waals surface area contributed by atoms with Gasteiger partial charge in [0, 0.05) is 16.7 Å². The Morgan fingerprint density at radius 1 is 0.794 bits per heavy atom. The largest absolute Gasteiger partial charge is 0.497 e. The van der Waals surface area contributed by atoms with Crippen molar-refractivity contribution in [1.29, 1.82) is 0 Å². The highest BCUT2D eigenvalue weighted by Gasteiger charge is 2.39. The van der Waals surface area contributed by atoms with Crippen LogP contribution >= 0.6 is 0 Å². The second-order valence-corrected chi connectivity index (χ2v) is 8.01. The molecule has 34 heavy (non-hydrogen) atoms. The lowest BCUT2D eigenvalue weighted by Crippen LogP contribution is -2.35. The van der Waals surface area contributed by atoms with Crippen LogP contribution in [0.1, 0.15) is 27.0 Å². The molecular formula is C29H24O5. The van der Waals surface area contributed by atoms with Crippen LogP contribution in [0, 0.1) is 0 Å². The van der Waals surface area contributed by atoms with Crippen molar-refractivity contribution >= 4 is 22.8 Å². The summed E-state index contributed by atoms with van der Waals surface area (Å²) in [5.41, 5.74) is 2.04. The maximum atomic E-state index is 12.8. The molecule has 0 amide bonds. The maximum Gasteiger partial charge on any atom is 0.341 e. The van der Waals surface area contributed by atoms with Gasteiger partial charge in [-0.2, -0.15) is 0 Å². The van der Waals surface area contributed by atoms with Gasteiger partial charge in [0.25, 0.3) is 0 Å². The minimum absolute atomic E-state index is 0.381. The number of ether oxygens (including phenoxy) is 4. The van der Waals surface area contributed by atoms with Crippen molar-refractivity contribution in [2.75, 3.05) is 21.3 Å². The van der Waals surface area contributed by atoms with E-state index in [1.165, 1.54) is 7.11 Å². The zero-order valence-corrected chi connectivity index (χ0v) is 19.2. The number of rotatable bonds is 5. The summed E-state index contributed by atoms with van der Waals surface area (Å²) >= 11 is 0. The van der Waals surface area contributed by atoms with Crippen molar-refractivity contribution in [1.82, 2.24) is 0 Å². The molecule has 0 fully saturated rings. The molecule has 1 aliphatic heterocycles. The highest BCUT2D eigenvalue weighted by molar-refractivity contribution is 6.04. The standard InChI is InChI=1S/C29H24O5/c1-31-22-12-8-20(9-13-22)29(21-10-14-23(32-2)15-11-21)17-16-25-24-7-5-4-6-19(24)18-26(27(25)34-29)28(30)33-3/h4-18H,1-3H3. The minimum Gasteiger partial charge on any atom is -0.497 e. The molecule has 0 radical (unpaired) electrons. The minimum atomic E-state index is -0.975. The fourth-order valence-electron chi connectivity index (χ4n) is 4.44. The van der Waals surface area contributed by atoms with E-state index in [-0.39, 0.29) is 0 Å². The number of hydrogen-bond donors (Lipinski definition) is 0. The summed E-state index contributed by atoms with van der Waals surface area (Å²) in [6.07, 6.45) is 4.06. The predicted molar refractivity (Wildman–Crippen MR) is 132 cm³/mol. The molecule has 0 saturated heterocycles. The van der Waals surface area contributed by atoms with Crippen LogP contribution in [0.2, 0.25) is 0 Å². The Morgan fingerprint density at radius 3 is 1.94 bits per heavy atom. The number of benzene rings is 4. The Hall–Kier alpha value is -4.25. The Balaban J connectivity index is 1.77. The summed E-state index contributed by atoms with van der Waals surface area (Å²) in [5.74, 6) is 1.53. The molecule has 0 spiro atoms. The van der Waals surface area contributed by atoms with Crippen molar-refractivity contribution in [2.45, 2.75) is 5.60 Å². The fraction of sp³-hybridized carbons (Fsp3) is 0.138. The van der Waals surface area contributed by atoms with Gasteiger partial charge in [-0.1, -0.05) is 48.5 Å². The monoisotopic (exact) mass is 452 g/mol. The Kier molecular flexibility index (Phi) is 5.46. The Labute approximate surface area is 198 Å². The normalized spacial score (nSPS) is 13.6. The fourth-order valence-corrected chi connectivity index (χ4v) is 4.44. The molecule has 4 aromatic carbocycles. The van der Waals surface area contributed by atoms with Crippen LogP contribution in [0.5, 0.6) is 17.2 Å². The van der Waals surface area contributed by atoms with Crippen molar-refractivity contribution in [3.05, 3.63) is 107 Å². The number of fused-ring (bicyclic) bond motifs is 3. The second kappa shape index (κ2) is 8.60. The molecule has 0 aliphatic carbocycles. The predicted octanol–water partition coefficient (Wildman–Crippen LogP) is 5.99. The summed E-state index contributed by atoms with van der Waals surface area (Å²) in [6, 6.07) is 25.2. The topological polar surface area (TPSA) is 54.0 Å². The summed E-state index contributed by atoms with van der Waals surface area (Å²) in [4.78, 5) is 12.8. The van der Waals surface area contributed by atoms with E-state index in [1.54, 1.807) is 14.2 Å². The summed E-state index contributed by atoms with van der Waals surface area (Å²) in [7, 11) is 4.65. The number of esters is 1. The number of methoxy groups -OCH3 is 3. The first-order valence-corrected chi connectivity index (χ1v) is 10.9. The van der Waals surface area contributed by atoms with E-state index in [1.807, 2.05) is 91.0 Å². The van der Waals surface area contributed by atoms with Crippen LogP contribution in [0.4, 0.5) is 0 Å². The molecule has 0 N–H and O–H groups in total. The van der Waals surface area contributed by atoms with Crippen molar-refractivity contribution in [3.63, 3.8) is 0 Å². The number of hydrogen-bond acceptors (Lipinski definition) is 5. The van der Waals surface area contributed by atoms with E-state index < -0.39 is 11.6 Å². The summed E-state index contributed by atoms with van der Waals surface area (Å²) in [6.45, 7) is 0. The third-order valence-electron chi connectivity index (χ3n) is 6.23. The lowest BCUT2D eigenvalue weighted by molar-refractivity contribution is 0.0589. The number of carbonyl (C=O) groups excluding carboxylic acids is 1. The zero-order valence-electron chi connectivity index (χ0n) is 19.2. The molecule has 0 unspecified atom stereocenters. The van der Waals surface area contributed by atoms with Gasteiger partial charge in [0.15, 0.2) is 5.60 Å². The van der Waals surface area contributed by atoms with Gasteiger partial charge in [0.1, 0.15) is 22.8 Å². The molecule has 170 valence electrons. The lowest BCUT2D eigenvalue weighted by Gasteiger charge is -2.37. The van der Waals surface area contributed by atoms with Gasteiger partial charge in [0.2, 0.25) is 0 Å². The first-order valence-electron chi connectivity index (χ1n) is 10.9. The van der Waals surface area contributed by atoms with E-state index in [2.05, 4.69) is 0 Å². The van der Waals surface area contributed by atoms with Gasteiger partial charge in [-0.3, -0.25) is 0 Å². The van der Waals surface area contributed by atoms with Crippen LogP contribution in [0.3, 0.4) is 0 Å². The molecular weight excluding hydrogens is 428 g/mol. The Morgan fingerprint density at radius 2 is 1.38 bits per heavy atom. The average molecular weight is 453 g/mol. The molecule has 5 nitrogen and oxygen atoms in total. The van der Waals surface area contributed by atoms with Crippen molar-refractivity contribution in [3.8, 4) is 17.2 Å². The zero-order chi connectivity index (χ0) is 23.7. The van der Waals surface area contributed by atoms with E-state index in [0.29, 0.717) is 11.3 Å². The van der Waals surface area contributed by atoms with Gasteiger partial charge < -0.3 is 18.9 Å². The molecule has 0 saturated carbocycles. The van der Waals surface area contributed by atoms with Crippen LogP contribution in [-0.2, 0) is 10.3 Å². The number of carbonyl (C=O) groups is 1. The van der Waals surface area contributed by atoms with E-state index >= 15 is 0 Å². The SMILES string of the molecule is COC(=O)c1cc2ccccc2c2c1OC(c1ccc(OC)cc1)(c1ccc(OC)cc1)C=C2. The van der Waals surface area contributed by atoms with Gasteiger partial charge >= 0.3 is 5.97 Å². The quantitative estimate of drug-likeness (QED) is 0.348. The Bertz CT molecular complexity index is 1340. The summed E-state index contributed by atoms with van der Waals surface area (Å²) < 4.78 is 22.7.